The molecule has 0 bridgehead atoms. The van der Waals surface area contributed by atoms with Crippen molar-refractivity contribution in [3.8, 4) is 11.5 Å². The van der Waals surface area contributed by atoms with Gasteiger partial charge in [-0.1, -0.05) is 25.0 Å². The number of benzene rings is 2. The smallest absolute Gasteiger partial charge is 0.224 e. The molecule has 3 aromatic rings. The van der Waals surface area contributed by atoms with Crippen molar-refractivity contribution in [2.24, 2.45) is 0 Å². The molecule has 0 atom stereocenters. The molecule has 1 aliphatic rings. The third-order valence-electron chi connectivity index (χ3n) is 5.67. The van der Waals surface area contributed by atoms with Crippen molar-refractivity contribution in [2.75, 3.05) is 20.2 Å². The molecule has 0 aliphatic carbocycles. The molecular weight excluding hydrogens is 378 g/mol. The van der Waals surface area contributed by atoms with Crippen molar-refractivity contribution >= 4 is 16.9 Å². The predicted octanol–water partition coefficient (Wildman–Crippen LogP) is 4.42. The summed E-state index contributed by atoms with van der Waals surface area (Å²) in [6.45, 7) is 2.73. The summed E-state index contributed by atoms with van der Waals surface area (Å²) >= 11 is 0. The summed E-state index contributed by atoms with van der Waals surface area (Å²) in [7, 11) is 1.64. The van der Waals surface area contributed by atoms with Crippen LogP contribution in [-0.2, 0) is 17.9 Å². The molecule has 6 heteroatoms. The average molecular weight is 408 g/mol. The molecule has 4 rings (SSSR count). The monoisotopic (exact) mass is 407 g/mol. The Balaban J connectivity index is 1.47. The van der Waals surface area contributed by atoms with E-state index in [1.165, 1.54) is 12.8 Å². The lowest BCUT2D eigenvalue weighted by Crippen LogP contribution is -2.32. The van der Waals surface area contributed by atoms with E-state index in [0.29, 0.717) is 19.6 Å². The molecule has 2 aromatic carbocycles. The second-order valence-electron chi connectivity index (χ2n) is 7.68. The van der Waals surface area contributed by atoms with E-state index in [-0.39, 0.29) is 5.91 Å². The summed E-state index contributed by atoms with van der Waals surface area (Å²) in [5.74, 6) is 2.61. The number of nitrogens with zero attached hydrogens (tertiary/aromatic N) is 3. The van der Waals surface area contributed by atoms with Gasteiger partial charge in [-0.2, -0.15) is 0 Å². The molecule has 1 saturated heterocycles. The number of rotatable bonds is 7. The Labute approximate surface area is 177 Å². The lowest BCUT2D eigenvalue weighted by Gasteiger charge is -2.20. The van der Waals surface area contributed by atoms with E-state index in [0.717, 1.165) is 54.3 Å². The van der Waals surface area contributed by atoms with Crippen molar-refractivity contribution < 1.29 is 14.3 Å². The average Bonchev–Trinajstić information content (AvgIpc) is 2.93. The van der Waals surface area contributed by atoms with E-state index in [1.807, 2.05) is 47.4 Å². The topological polar surface area (TPSA) is 56.6 Å². The second-order valence-corrected chi connectivity index (χ2v) is 7.68. The van der Waals surface area contributed by atoms with Crippen LogP contribution in [0.5, 0.6) is 11.5 Å². The van der Waals surface area contributed by atoms with Gasteiger partial charge < -0.3 is 18.9 Å². The number of hydrogen-bond donors (Lipinski definition) is 0. The molecule has 0 N–H and O–H groups in total. The summed E-state index contributed by atoms with van der Waals surface area (Å²) in [6.07, 6.45) is 5.16. The number of amides is 1. The molecule has 1 amide bonds. The maximum atomic E-state index is 12.8. The number of fused-ring (bicyclic) bond motifs is 1. The molecule has 1 aromatic heterocycles. The zero-order valence-electron chi connectivity index (χ0n) is 17.5. The van der Waals surface area contributed by atoms with Gasteiger partial charge in [-0.3, -0.25) is 4.79 Å². The Kier molecular flexibility index (Phi) is 6.52. The van der Waals surface area contributed by atoms with Crippen molar-refractivity contribution in [3.63, 3.8) is 0 Å². The van der Waals surface area contributed by atoms with Crippen molar-refractivity contribution in [1.82, 2.24) is 14.5 Å². The largest absolute Gasteiger partial charge is 0.497 e. The number of para-hydroxylation sites is 2. The Bertz CT molecular complexity index is 973. The Morgan fingerprint density at radius 1 is 0.967 bits per heavy atom. The first-order valence-electron chi connectivity index (χ1n) is 10.7. The second kappa shape index (κ2) is 9.65. The molecule has 1 fully saturated rings. The molecule has 6 nitrogen and oxygen atoms in total. The third kappa shape index (κ3) is 4.75. The van der Waals surface area contributed by atoms with Gasteiger partial charge in [0.15, 0.2) is 0 Å². The maximum Gasteiger partial charge on any atom is 0.224 e. The fraction of sp³-hybridized carbons (Fsp3) is 0.417. The molecule has 2 heterocycles. The van der Waals surface area contributed by atoms with Gasteiger partial charge in [0.2, 0.25) is 5.91 Å². The number of carbonyl (C=O) groups excluding carboxylic acids is 1. The molecule has 158 valence electrons. The minimum atomic E-state index is 0.233. The van der Waals surface area contributed by atoms with E-state index in [1.54, 1.807) is 7.11 Å². The number of likely N-dealkylation sites (tertiary alicyclic amines) is 1. The summed E-state index contributed by atoms with van der Waals surface area (Å²) in [4.78, 5) is 19.6. The van der Waals surface area contributed by atoms with E-state index in [9.17, 15) is 4.79 Å². The molecule has 0 saturated carbocycles. The fourth-order valence-electron chi connectivity index (χ4n) is 3.99. The van der Waals surface area contributed by atoms with Gasteiger partial charge in [0.25, 0.3) is 0 Å². The Morgan fingerprint density at radius 3 is 2.40 bits per heavy atom. The summed E-state index contributed by atoms with van der Waals surface area (Å²) in [5, 5.41) is 0. The minimum Gasteiger partial charge on any atom is -0.497 e. The van der Waals surface area contributed by atoms with Crippen LogP contribution >= 0.6 is 0 Å². The number of hydrogen-bond acceptors (Lipinski definition) is 4. The van der Waals surface area contributed by atoms with Crippen LogP contribution in [0.3, 0.4) is 0 Å². The van der Waals surface area contributed by atoms with Crippen LogP contribution in [-0.4, -0.2) is 40.6 Å². The van der Waals surface area contributed by atoms with Gasteiger partial charge in [0.1, 0.15) is 23.9 Å². The minimum absolute atomic E-state index is 0.233. The van der Waals surface area contributed by atoms with Crippen LogP contribution in [0.25, 0.3) is 11.0 Å². The van der Waals surface area contributed by atoms with Crippen LogP contribution in [0.2, 0.25) is 0 Å². The van der Waals surface area contributed by atoms with Crippen LogP contribution in [0.15, 0.2) is 48.5 Å². The van der Waals surface area contributed by atoms with Gasteiger partial charge in [-0.15, -0.1) is 0 Å². The third-order valence-corrected chi connectivity index (χ3v) is 5.67. The van der Waals surface area contributed by atoms with Crippen molar-refractivity contribution in [3.05, 3.63) is 54.4 Å². The van der Waals surface area contributed by atoms with Gasteiger partial charge in [0, 0.05) is 26.1 Å². The molecule has 0 spiro atoms. The molecule has 0 radical (unpaired) electrons. The Hall–Kier alpha value is -3.02. The summed E-state index contributed by atoms with van der Waals surface area (Å²) in [5.41, 5.74) is 1.96. The normalized spacial score (nSPS) is 14.5. The lowest BCUT2D eigenvalue weighted by atomic mass is 10.2. The first-order valence-corrected chi connectivity index (χ1v) is 10.7. The molecule has 1 aliphatic heterocycles. The molecule has 0 unspecified atom stereocenters. The number of carbonyl (C=O) groups is 1. The zero-order chi connectivity index (χ0) is 20.8. The van der Waals surface area contributed by atoms with Crippen LogP contribution in [0, 0.1) is 0 Å². The number of ether oxygens (including phenoxy) is 2. The van der Waals surface area contributed by atoms with E-state index < -0.39 is 0 Å². The first-order chi connectivity index (χ1) is 14.7. The highest BCUT2D eigenvalue weighted by atomic mass is 16.5. The van der Waals surface area contributed by atoms with Gasteiger partial charge in [-0.05, 0) is 49.2 Å². The van der Waals surface area contributed by atoms with E-state index in [2.05, 4.69) is 10.6 Å². The maximum absolute atomic E-state index is 12.8. The molecule has 30 heavy (non-hydrogen) atoms. The van der Waals surface area contributed by atoms with Crippen molar-refractivity contribution in [1.29, 1.82) is 0 Å². The molecular formula is C24H29N3O3. The van der Waals surface area contributed by atoms with Crippen molar-refractivity contribution in [2.45, 2.75) is 45.3 Å². The van der Waals surface area contributed by atoms with Gasteiger partial charge in [-0.25, -0.2) is 4.98 Å². The Morgan fingerprint density at radius 2 is 1.67 bits per heavy atom. The first kappa shape index (κ1) is 20.3. The van der Waals surface area contributed by atoms with Crippen LogP contribution in [0.4, 0.5) is 0 Å². The summed E-state index contributed by atoms with van der Waals surface area (Å²) < 4.78 is 13.3. The van der Waals surface area contributed by atoms with Crippen LogP contribution in [0.1, 0.15) is 37.9 Å². The highest BCUT2D eigenvalue weighted by molar-refractivity contribution is 5.78. The highest BCUT2D eigenvalue weighted by Gasteiger charge is 2.17. The lowest BCUT2D eigenvalue weighted by molar-refractivity contribution is -0.131. The number of aryl methyl sites for hydroxylation is 1. The van der Waals surface area contributed by atoms with E-state index >= 15 is 0 Å². The number of methoxy groups -OCH3 is 1. The number of aromatic nitrogens is 2. The zero-order valence-corrected chi connectivity index (χ0v) is 17.5. The van der Waals surface area contributed by atoms with E-state index in [4.69, 9.17) is 14.5 Å². The quantitative estimate of drug-likeness (QED) is 0.582. The fourth-order valence-corrected chi connectivity index (χ4v) is 3.99. The standard InChI is InChI=1S/C24H29N3O3/c1-29-19-10-12-20(13-11-19)30-18-23-25-21-8-4-5-9-22(21)27(23)17-14-24(28)26-15-6-2-3-7-16-26/h4-5,8-13H,2-3,6-7,14-18H2,1H3. The summed E-state index contributed by atoms with van der Waals surface area (Å²) in [6, 6.07) is 15.6. The van der Waals surface area contributed by atoms with Gasteiger partial charge in [0.05, 0.1) is 18.1 Å². The predicted molar refractivity (Wildman–Crippen MR) is 117 cm³/mol. The highest BCUT2D eigenvalue weighted by Crippen LogP contribution is 2.21. The SMILES string of the molecule is COc1ccc(OCc2nc3ccccc3n2CCC(=O)N2CCCCCC2)cc1. The number of imidazole rings is 1. The van der Waals surface area contributed by atoms with Gasteiger partial charge >= 0.3 is 0 Å². The van der Waals surface area contributed by atoms with Crippen LogP contribution < -0.4 is 9.47 Å².